The van der Waals surface area contributed by atoms with Gasteiger partial charge in [0, 0.05) is 6.04 Å². The molecule has 2 rings (SSSR count). The highest BCUT2D eigenvalue weighted by Crippen LogP contribution is 2.20. The third-order valence-electron chi connectivity index (χ3n) is 3.55. The van der Waals surface area contributed by atoms with E-state index in [4.69, 9.17) is 0 Å². The lowest BCUT2D eigenvalue weighted by atomic mass is 9.95. The Hall–Kier alpha value is -0.0800. The number of nitrogens with zero attached hydrogens (tertiary/aromatic N) is 1. The van der Waals surface area contributed by atoms with Crippen molar-refractivity contribution in [3.8, 4) is 0 Å². The summed E-state index contributed by atoms with van der Waals surface area (Å²) in [5.74, 6) is 0. The van der Waals surface area contributed by atoms with Crippen LogP contribution < -0.4 is 5.32 Å². The van der Waals surface area contributed by atoms with E-state index in [-0.39, 0.29) is 0 Å². The van der Waals surface area contributed by atoms with Crippen molar-refractivity contribution < 1.29 is 0 Å². The number of rotatable bonds is 2. The minimum absolute atomic E-state index is 0.683. The molecular weight excluding hydrogens is 160 g/mol. The lowest BCUT2D eigenvalue weighted by Gasteiger charge is -2.29. The molecule has 1 aliphatic heterocycles. The Morgan fingerprint density at radius 2 is 1.77 bits per heavy atom. The van der Waals surface area contributed by atoms with Gasteiger partial charge in [-0.05, 0) is 39.3 Å². The van der Waals surface area contributed by atoms with Crippen LogP contribution in [0.2, 0.25) is 0 Å². The zero-order chi connectivity index (χ0) is 9.10. The van der Waals surface area contributed by atoms with Crippen molar-refractivity contribution in [2.24, 2.45) is 0 Å². The average molecular weight is 182 g/mol. The number of hydrogen-bond donors (Lipinski definition) is 1. The topological polar surface area (TPSA) is 15.3 Å². The maximum absolute atomic E-state index is 3.79. The molecule has 0 bridgehead atoms. The summed E-state index contributed by atoms with van der Waals surface area (Å²) in [6.45, 7) is 1.28. The second kappa shape index (κ2) is 4.43. The van der Waals surface area contributed by atoms with Crippen molar-refractivity contribution in [1.29, 1.82) is 0 Å². The van der Waals surface area contributed by atoms with E-state index in [0.29, 0.717) is 6.17 Å². The highest BCUT2D eigenvalue weighted by atomic mass is 15.3. The maximum Gasteiger partial charge on any atom is 0.0597 e. The lowest BCUT2D eigenvalue weighted by Crippen LogP contribution is -2.45. The van der Waals surface area contributed by atoms with Gasteiger partial charge in [-0.15, -0.1) is 0 Å². The second-order valence-corrected chi connectivity index (χ2v) is 4.64. The molecule has 0 amide bonds. The summed E-state index contributed by atoms with van der Waals surface area (Å²) in [5.41, 5.74) is 0. The van der Waals surface area contributed by atoms with Gasteiger partial charge in [0.25, 0.3) is 0 Å². The number of likely N-dealkylation sites (tertiary alicyclic amines) is 1. The summed E-state index contributed by atoms with van der Waals surface area (Å²) in [4.78, 5) is 2.47. The van der Waals surface area contributed by atoms with Gasteiger partial charge in [-0.1, -0.05) is 19.3 Å². The summed E-state index contributed by atoms with van der Waals surface area (Å²) in [6.07, 6.45) is 10.6. The quantitative estimate of drug-likeness (QED) is 0.702. The Morgan fingerprint density at radius 1 is 1.00 bits per heavy atom. The van der Waals surface area contributed by atoms with Gasteiger partial charge in [0.1, 0.15) is 0 Å². The highest BCUT2D eigenvalue weighted by molar-refractivity contribution is 4.80. The molecule has 2 nitrogen and oxygen atoms in total. The number of nitrogens with one attached hydrogen (secondary N) is 1. The molecule has 1 saturated heterocycles. The van der Waals surface area contributed by atoms with Crippen LogP contribution in [0.25, 0.3) is 0 Å². The molecule has 0 spiro atoms. The second-order valence-electron chi connectivity index (χ2n) is 4.64. The molecule has 2 aliphatic rings. The zero-order valence-corrected chi connectivity index (χ0v) is 8.76. The first-order chi connectivity index (χ1) is 6.36. The molecule has 0 aromatic heterocycles. The molecule has 0 aromatic carbocycles. The van der Waals surface area contributed by atoms with Crippen molar-refractivity contribution in [1.82, 2.24) is 10.2 Å². The minimum atomic E-state index is 0.683. The average Bonchev–Trinajstić information content (AvgIpc) is 2.54. The lowest BCUT2D eigenvalue weighted by molar-refractivity contribution is 0.220. The smallest absolute Gasteiger partial charge is 0.0597 e. The Balaban J connectivity index is 1.75. The van der Waals surface area contributed by atoms with Gasteiger partial charge in [0.15, 0.2) is 0 Å². The van der Waals surface area contributed by atoms with E-state index in [9.17, 15) is 0 Å². The van der Waals surface area contributed by atoms with Gasteiger partial charge >= 0.3 is 0 Å². The summed E-state index contributed by atoms with van der Waals surface area (Å²) < 4.78 is 0. The third kappa shape index (κ3) is 2.44. The third-order valence-corrected chi connectivity index (χ3v) is 3.55. The van der Waals surface area contributed by atoms with Crippen LogP contribution in [0.15, 0.2) is 0 Å². The molecule has 0 radical (unpaired) electrons. The van der Waals surface area contributed by atoms with Gasteiger partial charge in [-0.3, -0.25) is 10.2 Å². The molecule has 1 aliphatic carbocycles. The van der Waals surface area contributed by atoms with Crippen LogP contribution in [0.5, 0.6) is 0 Å². The monoisotopic (exact) mass is 182 g/mol. The molecule has 1 N–H and O–H groups in total. The van der Waals surface area contributed by atoms with Crippen LogP contribution in [0.3, 0.4) is 0 Å². The standard InChI is InChI=1S/C11H22N2/c1-13-9-5-8-11(13)12-10-6-3-2-4-7-10/h10-12H,2-9H2,1H3. The van der Waals surface area contributed by atoms with Crippen molar-refractivity contribution in [3.05, 3.63) is 0 Å². The predicted octanol–water partition coefficient (Wildman–Crippen LogP) is 1.96. The first kappa shape index (κ1) is 9.47. The van der Waals surface area contributed by atoms with Gasteiger partial charge in [0.05, 0.1) is 6.17 Å². The van der Waals surface area contributed by atoms with Crippen molar-refractivity contribution >= 4 is 0 Å². The first-order valence-electron chi connectivity index (χ1n) is 5.82. The first-order valence-corrected chi connectivity index (χ1v) is 5.82. The van der Waals surface area contributed by atoms with E-state index in [0.717, 1.165) is 6.04 Å². The Bertz CT molecular complexity index is 152. The fourth-order valence-corrected chi connectivity index (χ4v) is 2.66. The van der Waals surface area contributed by atoms with E-state index < -0.39 is 0 Å². The molecule has 1 saturated carbocycles. The Kier molecular flexibility index (Phi) is 3.23. The molecule has 0 aromatic rings. The van der Waals surface area contributed by atoms with Gasteiger partial charge < -0.3 is 0 Å². The summed E-state index contributed by atoms with van der Waals surface area (Å²) in [5, 5.41) is 3.79. The van der Waals surface area contributed by atoms with Gasteiger partial charge in [-0.2, -0.15) is 0 Å². The van der Waals surface area contributed by atoms with Crippen LogP contribution >= 0.6 is 0 Å². The van der Waals surface area contributed by atoms with Crippen LogP contribution in [-0.2, 0) is 0 Å². The SMILES string of the molecule is CN1CCCC1NC1CCCCC1. The molecular formula is C11H22N2. The molecule has 13 heavy (non-hydrogen) atoms. The van der Waals surface area contributed by atoms with Crippen LogP contribution in [0, 0.1) is 0 Å². The van der Waals surface area contributed by atoms with Crippen LogP contribution in [0.1, 0.15) is 44.9 Å². The highest BCUT2D eigenvalue weighted by Gasteiger charge is 2.24. The molecule has 1 heterocycles. The fourth-order valence-electron chi connectivity index (χ4n) is 2.66. The van der Waals surface area contributed by atoms with Gasteiger partial charge in [0.2, 0.25) is 0 Å². The normalized spacial score (nSPS) is 32.5. The molecule has 76 valence electrons. The van der Waals surface area contributed by atoms with E-state index >= 15 is 0 Å². The van der Waals surface area contributed by atoms with Crippen LogP contribution in [0.4, 0.5) is 0 Å². The van der Waals surface area contributed by atoms with Crippen molar-refractivity contribution in [2.45, 2.75) is 57.2 Å². The predicted molar refractivity (Wildman–Crippen MR) is 55.7 cm³/mol. The summed E-state index contributed by atoms with van der Waals surface area (Å²) in [6, 6.07) is 0.819. The maximum atomic E-state index is 3.79. The summed E-state index contributed by atoms with van der Waals surface area (Å²) >= 11 is 0. The molecule has 2 fully saturated rings. The fraction of sp³-hybridized carbons (Fsp3) is 1.00. The number of hydrogen-bond acceptors (Lipinski definition) is 2. The minimum Gasteiger partial charge on any atom is -0.299 e. The van der Waals surface area contributed by atoms with E-state index in [1.165, 1.54) is 51.5 Å². The molecule has 2 heteroatoms. The Morgan fingerprint density at radius 3 is 2.38 bits per heavy atom. The van der Waals surface area contributed by atoms with E-state index in [1.807, 2.05) is 0 Å². The molecule has 1 unspecified atom stereocenters. The summed E-state index contributed by atoms with van der Waals surface area (Å²) in [7, 11) is 2.24. The Labute approximate surface area is 81.7 Å². The van der Waals surface area contributed by atoms with Crippen molar-refractivity contribution in [2.75, 3.05) is 13.6 Å². The van der Waals surface area contributed by atoms with E-state index in [2.05, 4.69) is 17.3 Å². The van der Waals surface area contributed by atoms with E-state index in [1.54, 1.807) is 0 Å². The van der Waals surface area contributed by atoms with Gasteiger partial charge in [-0.25, -0.2) is 0 Å². The van der Waals surface area contributed by atoms with Crippen LogP contribution in [-0.4, -0.2) is 30.7 Å². The largest absolute Gasteiger partial charge is 0.299 e. The zero-order valence-electron chi connectivity index (χ0n) is 8.76. The molecule has 1 atom stereocenters. The van der Waals surface area contributed by atoms with Crippen molar-refractivity contribution in [3.63, 3.8) is 0 Å².